The van der Waals surface area contributed by atoms with Crippen LogP contribution in [0.25, 0.3) is 15.8 Å². The maximum Gasteiger partial charge on any atom is 0.191 e. The second-order valence-corrected chi connectivity index (χ2v) is 9.26. The molecule has 1 saturated carbocycles. The van der Waals surface area contributed by atoms with Gasteiger partial charge in [-0.15, -0.1) is 28.1 Å². The maximum atomic E-state index is 10.7. The summed E-state index contributed by atoms with van der Waals surface area (Å²) in [7, 11) is 0. The summed E-state index contributed by atoms with van der Waals surface area (Å²) in [6, 6.07) is 9.83. The number of nitrogens with zero attached hydrogens (tertiary/aromatic N) is 5. The van der Waals surface area contributed by atoms with E-state index in [2.05, 4.69) is 32.4 Å². The van der Waals surface area contributed by atoms with Gasteiger partial charge >= 0.3 is 0 Å². The van der Waals surface area contributed by atoms with Crippen molar-refractivity contribution in [2.45, 2.75) is 49.7 Å². The summed E-state index contributed by atoms with van der Waals surface area (Å²) in [6.07, 6.45) is 7.87. The van der Waals surface area contributed by atoms with Crippen molar-refractivity contribution in [1.29, 1.82) is 5.26 Å². The van der Waals surface area contributed by atoms with E-state index in [1.54, 1.807) is 0 Å². The molecule has 0 spiro atoms. The van der Waals surface area contributed by atoms with Crippen LogP contribution in [0, 0.1) is 11.3 Å². The van der Waals surface area contributed by atoms with Crippen LogP contribution in [0.15, 0.2) is 47.8 Å². The van der Waals surface area contributed by atoms with E-state index in [0.717, 1.165) is 34.0 Å². The number of aromatic nitrogens is 4. The molecule has 1 aliphatic rings. The highest BCUT2D eigenvalue weighted by Gasteiger charge is 2.23. The van der Waals surface area contributed by atoms with Gasteiger partial charge in [0.15, 0.2) is 5.16 Å². The van der Waals surface area contributed by atoms with Gasteiger partial charge in [0.25, 0.3) is 0 Å². The van der Waals surface area contributed by atoms with Gasteiger partial charge in [-0.1, -0.05) is 49.2 Å². The third kappa shape index (κ3) is 4.27. The fourth-order valence-corrected chi connectivity index (χ4v) is 5.61. The molecule has 1 aliphatic carbocycles. The fourth-order valence-electron chi connectivity index (χ4n) is 3.79. The Morgan fingerprint density at radius 1 is 1.30 bits per heavy atom. The lowest BCUT2D eigenvalue weighted by molar-refractivity contribution is 0.415. The standard InChI is InChI=1S/C22H23N5OS2/c1-2-12-27-20(15-8-4-3-5-9-15)25-26-22(27)29-14-18(28)16(13-23)21-24-17-10-6-7-11-19(17)30-21/h2,6-7,10-11,15,28H,1,3-5,8-9,12,14H2/b18-16-. The van der Waals surface area contributed by atoms with E-state index >= 15 is 0 Å². The van der Waals surface area contributed by atoms with Gasteiger partial charge in [0.05, 0.1) is 16.0 Å². The highest BCUT2D eigenvalue weighted by Crippen LogP contribution is 2.34. The van der Waals surface area contributed by atoms with E-state index in [4.69, 9.17) is 0 Å². The average Bonchev–Trinajstić information content (AvgIpc) is 3.38. The van der Waals surface area contributed by atoms with Crippen molar-refractivity contribution in [2.75, 3.05) is 5.75 Å². The number of para-hydroxylation sites is 1. The fraction of sp³-hybridized carbons (Fsp3) is 0.364. The minimum atomic E-state index is 0.00826. The SMILES string of the molecule is C=CCn1c(SC/C(O)=C(\C#N)c2nc3ccccc3s2)nnc1C1CCCCC1. The van der Waals surface area contributed by atoms with Gasteiger partial charge in [0.1, 0.15) is 28.2 Å². The van der Waals surface area contributed by atoms with E-state index in [-0.39, 0.29) is 17.1 Å². The molecule has 3 aromatic rings. The third-order valence-corrected chi connectivity index (χ3v) is 7.31. The lowest BCUT2D eigenvalue weighted by Gasteiger charge is -2.21. The van der Waals surface area contributed by atoms with Gasteiger partial charge in [-0.05, 0) is 25.0 Å². The summed E-state index contributed by atoms with van der Waals surface area (Å²) >= 11 is 2.79. The summed E-state index contributed by atoms with van der Waals surface area (Å²) < 4.78 is 3.08. The zero-order valence-corrected chi connectivity index (χ0v) is 18.3. The highest BCUT2D eigenvalue weighted by atomic mass is 32.2. The highest BCUT2D eigenvalue weighted by molar-refractivity contribution is 7.99. The Morgan fingerprint density at radius 3 is 2.83 bits per heavy atom. The lowest BCUT2D eigenvalue weighted by atomic mass is 9.89. The quantitative estimate of drug-likeness (QED) is 0.221. The van der Waals surface area contributed by atoms with Gasteiger partial charge < -0.3 is 9.67 Å². The predicted octanol–water partition coefficient (Wildman–Crippen LogP) is 5.71. The predicted molar refractivity (Wildman–Crippen MR) is 122 cm³/mol. The number of fused-ring (bicyclic) bond motifs is 1. The molecule has 0 amide bonds. The molecule has 0 aliphatic heterocycles. The summed E-state index contributed by atoms with van der Waals surface area (Å²) in [4.78, 5) is 4.49. The molecule has 0 atom stereocenters. The number of hydrogen-bond acceptors (Lipinski definition) is 7. The number of benzene rings is 1. The number of aliphatic hydroxyl groups excluding tert-OH is 1. The topological polar surface area (TPSA) is 87.6 Å². The molecule has 30 heavy (non-hydrogen) atoms. The molecular weight excluding hydrogens is 414 g/mol. The minimum absolute atomic E-state index is 0.00826. The van der Waals surface area contributed by atoms with Crippen LogP contribution in [0.4, 0.5) is 0 Å². The van der Waals surface area contributed by atoms with E-state index in [0.29, 0.717) is 17.5 Å². The van der Waals surface area contributed by atoms with Crippen LogP contribution in [0.1, 0.15) is 48.9 Å². The molecule has 1 aromatic carbocycles. The van der Waals surface area contributed by atoms with Crippen molar-refractivity contribution in [3.05, 3.63) is 53.5 Å². The van der Waals surface area contributed by atoms with Gasteiger partial charge in [0.2, 0.25) is 0 Å². The first-order chi connectivity index (χ1) is 14.7. The van der Waals surface area contributed by atoms with Gasteiger partial charge in [-0.2, -0.15) is 5.26 Å². The van der Waals surface area contributed by atoms with E-state index in [9.17, 15) is 10.4 Å². The normalized spacial score (nSPS) is 15.7. The molecule has 0 bridgehead atoms. The number of allylic oxidation sites excluding steroid dienone is 2. The van der Waals surface area contributed by atoms with Gasteiger partial charge in [-0.25, -0.2) is 4.98 Å². The molecule has 6 nitrogen and oxygen atoms in total. The lowest BCUT2D eigenvalue weighted by Crippen LogP contribution is -2.12. The first-order valence-corrected chi connectivity index (χ1v) is 11.9. The van der Waals surface area contributed by atoms with E-state index < -0.39 is 0 Å². The van der Waals surface area contributed by atoms with Crippen molar-refractivity contribution in [1.82, 2.24) is 19.7 Å². The largest absolute Gasteiger partial charge is 0.510 e. The summed E-state index contributed by atoms with van der Waals surface area (Å²) in [5.41, 5.74) is 1.04. The second kappa shape index (κ2) is 9.45. The zero-order chi connectivity index (χ0) is 20.9. The smallest absolute Gasteiger partial charge is 0.191 e. The number of thioether (sulfide) groups is 1. The molecule has 2 aromatic heterocycles. The Balaban J connectivity index is 1.56. The van der Waals surface area contributed by atoms with Crippen molar-refractivity contribution < 1.29 is 5.11 Å². The molecule has 0 radical (unpaired) electrons. The second-order valence-electron chi connectivity index (χ2n) is 7.28. The molecule has 1 fully saturated rings. The van der Waals surface area contributed by atoms with E-state index in [1.165, 1.54) is 42.4 Å². The molecule has 4 rings (SSSR count). The molecule has 154 valence electrons. The van der Waals surface area contributed by atoms with Crippen molar-refractivity contribution >= 4 is 38.9 Å². The summed E-state index contributed by atoms with van der Waals surface area (Å²) in [5, 5.41) is 30.4. The van der Waals surface area contributed by atoms with Crippen molar-refractivity contribution in [2.24, 2.45) is 0 Å². The molecule has 8 heteroatoms. The third-order valence-electron chi connectivity index (χ3n) is 5.27. The van der Waals surface area contributed by atoms with Crippen molar-refractivity contribution in [3.8, 4) is 6.07 Å². The van der Waals surface area contributed by atoms with Crippen molar-refractivity contribution in [3.63, 3.8) is 0 Å². The Hall–Kier alpha value is -2.63. The average molecular weight is 438 g/mol. The number of rotatable bonds is 7. The maximum absolute atomic E-state index is 10.7. The zero-order valence-electron chi connectivity index (χ0n) is 16.6. The molecule has 0 unspecified atom stereocenters. The first-order valence-electron chi connectivity index (χ1n) is 10.1. The minimum Gasteiger partial charge on any atom is -0.510 e. The number of thiazole rings is 1. The molecule has 1 N–H and O–H groups in total. The number of aliphatic hydroxyl groups is 1. The van der Waals surface area contributed by atoms with Crippen LogP contribution < -0.4 is 0 Å². The van der Waals surface area contributed by atoms with Crippen LogP contribution in [0.5, 0.6) is 0 Å². The Labute approximate surface area is 184 Å². The molecule has 0 saturated heterocycles. The Bertz CT molecular complexity index is 1090. The van der Waals surface area contributed by atoms with E-state index in [1.807, 2.05) is 30.3 Å². The summed E-state index contributed by atoms with van der Waals surface area (Å²) in [6.45, 7) is 4.50. The summed E-state index contributed by atoms with van der Waals surface area (Å²) in [5.74, 6) is 1.68. The number of nitriles is 1. The Kier molecular flexibility index (Phi) is 6.50. The van der Waals surface area contributed by atoms with Crippen LogP contribution >= 0.6 is 23.1 Å². The monoisotopic (exact) mass is 437 g/mol. The van der Waals surface area contributed by atoms with Gasteiger partial charge in [-0.3, -0.25) is 0 Å². The molecular formula is C22H23N5OS2. The van der Waals surface area contributed by atoms with Crippen LogP contribution in [-0.4, -0.2) is 30.6 Å². The Morgan fingerprint density at radius 2 is 2.10 bits per heavy atom. The van der Waals surface area contributed by atoms with Crippen LogP contribution in [0.2, 0.25) is 0 Å². The van der Waals surface area contributed by atoms with Gasteiger partial charge in [0, 0.05) is 12.5 Å². The van der Waals surface area contributed by atoms with Crippen LogP contribution in [0.3, 0.4) is 0 Å². The van der Waals surface area contributed by atoms with Crippen LogP contribution in [-0.2, 0) is 6.54 Å². The molecule has 2 heterocycles. The first kappa shape index (κ1) is 20.6. The number of hydrogen-bond donors (Lipinski definition) is 1.